The van der Waals surface area contributed by atoms with Gasteiger partial charge in [-0.3, -0.25) is 24.0 Å². The first-order valence-corrected chi connectivity index (χ1v) is 13.0. The van der Waals surface area contributed by atoms with Crippen molar-refractivity contribution in [3.8, 4) is 0 Å². The average molecular weight is 555 g/mol. The maximum Gasteiger partial charge on any atom is 0.313 e. The summed E-state index contributed by atoms with van der Waals surface area (Å²) < 4.78 is 27.1. The normalized spacial score (nSPS) is 24.0. The minimum atomic E-state index is -1.25. The van der Waals surface area contributed by atoms with Gasteiger partial charge in [0.15, 0.2) is 6.10 Å². The molecule has 11 nitrogen and oxygen atoms in total. The number of hydrogen-bond acceptors (Lipinski definition) is 11. The van der Waals surface area contributed by atoms with Gasteiger partial charge in [0.2, 0.25) is 0 Å². The monoisotopic (exact) mass is 554 g/mol. The second kappa shape index (κ2) is 16.0. The van der Waals surface area contributed by atoms with Gasteiger partial charge < -0.3 is 28.8 Å². The topological polar surface area (TPSA) is 152 Å². The lowest BCUT2D eigenvalue weighted by molar-refractivity contribution is -0.179. The van der Waals surface area contributed by atoms with Crippen LogP contribution in [0.15, 0.2) is 23.3 Å². The highest BCUT2D eigenvalue weighted by atomic mass is 16.6. The van der Waals surface area contributed by atoms with Gasteiger partial charge in [-0.25, -0.2) is 0 Å². The molecule has 39 heavy (non-hydrogen) atoms. The van der Waals surface area contributed by atoms with Crippen LogP contribution in [0.5, 0.6) is 0 Å². The average Bonchev–Trinajstić information content (AvgIpc) is 2.81. The zero-order valence-corrected chi connectivity index (χ0v) is 24.1. The molecule has 0 aromatic carbocycles. The molecule has 0 amide bonds. The molecule has 1 N–H and O–H groups in total. The molecule has 0 saturated carbocycles. The van der Waals surface area contributed by atoms with E-state index in [1.54, 1.807) is 27.7 Å². The number of ether oxygens (including phenoxy) is 5. The number of hydrogen-bond donors (Lipinski definition) is 1. The van der Waals surface area contributed by atoms with Crippen LogP contribution < -0.4 is 0 Å². The van der Waals surface area contributed by atoms with Gasteiger partial charge >= 0.3 is 29.8 Å². The van der Waals surface area contributed by atoms with Crippen molar-refractivity contribution in [2.24, 2.45) is 17.8 Å². The van der Waals surface area contributed by atoms with Gasteiger partial charge in [-0.1, -0.05) is 19.1 Å². The summed E-state index contributed by atoms with van der Waals surface area (Å²) in [5, 5.41) is 11.4. The molecule has 0 spiro atoms. The van der Waals surface area contributed by atoms with E-state index in [9.17, 15) is 29.1 Å². The Labute approximate surface area is 229 Å². The Morgan fingerprint density at radius 3 is 2.08 bits per heavy atom. The SMILES string of the molecule is CC(=O)OCC1=CC(O)C(C(C)COC(C)=O)C(OC(C)=O)C(OC(=O)C(C)C(C)OC(C)=O)C(C)=CCC1. The molecule has 0 aliphatic heterocycles. The smallest absolute Gasteiger partial charge is 0.313 e. The van der Waals surface area contributed by atoms with E-state index in [-0.39, 0.29) is 13.2 Å². The largest absolute Gasteiger partial charge is 0.466 e. The second-order valence-electron chi connectivity index (χ2n) is 9.97. The number of aliphatic hydroxyl groups excluding tert-OH is 1. The summed E-state index contributed by atoms with van der Waals surface area (Å²) in [5.74, 6) is -5.22. The first-order valence-electron chi connectivity index (χ1n) is 13.0. The number of carbonyl (C=O) groups is 5. The summed E-state index contributed by atoms with van der Waals surface area (Å²) in [4.78, 5) is 59.7. The molecule has 7 atom stereocenters. The lowest BCUT2D eigenvalue weighted by atomic mass is 9.79. The summed E-state index contributed by atoms with van der Waals surface area (Å²) in [5.41, 5.74) is 1.21. The van der Waals surface area contributed by atoms with Gasteiger partial charge in [-0.05, 0) is 50.7 Å². The Morgan fingerprint density at radius 1 is 0.923 bits per heavy atom. The van der Waals surface area contributed by atoms with Crippen LogP contribution in [0.1, 0.15) is 68.2 Å². The van der Waals surface area contributed by atoms with Crippen molar-refractivity contribution in [1.82, 2.24) is 0 Å². The van der Waals surface area contributed by atoms with Crippen molar-refractivity contribution in [2.75, 3.05) is 13.2 Å². The molecular weight excluding hydrogens is 512 g/mol. The molecule has 0 saturated heterocycles. The van der Waals surface area contributed by atoms with E-state index >= 15 is 0 Å². The molecule has 0 fully saturated rings. The standard InChI is InChI=1S/C28H42O11/c1-15-10-9-11-23(14-36-20(6)30)12-24(33)25(16(2)13-35-19(5)29)27(38-22(8)32)26(15)39-28(34)17(3)18(4)37-21(7)31/h10,12,16-18,24-27,33H,9,11,13-14H2,1-8H3. The van der Waals surface area contributed by atoms with Gasteiger partial charge in [-0.2, -0.15) is 0 Å². The molecule has 0 heterocycles. The minimum Gasteiger partial charge on any atom is -0.466 e. The van der Waals surface area contributed by atoms with E-state index in [0.717, 1.165) is 0 Å². The number of allylic oxidation sites excluding steroid dienone is 1. The number of carbonyl (C=O) groups excluding carboxylic acids is 5. The van der Waals surface area contributed by atoms with Crippen LogP contribution in [0.3, 0.4) is 0 Å². The van der Waals surface area contributed by atoms with Crippen LogP contribution in [-0.4, -0.2) is 72.6 Å². The number of esters is 5. The third kappa shape index (κ3) is 11.6. The molecule has 11 heteroatoms. The van der Waals surface area contributed by atoms with E-state index in [0.29, 0.717) is 24.0 Å². The highest BCUT2D eigenvalue weighted by Crippen LogP contribution is 2.33. The highest BCUT2D eigenvalue weighted by Gasteiger charge is 2.43. The molecule has 0 radical (unpaired) electrons. The molecule has 1 aliphatic carbocycles. The Morgan fingerprint density at radius 2 is 1.54 bits per heavy atom. The van der Waals surface area contributed by atoms with Crippen LogP contribution in [0, 0.1) is 17.8 Å². The molecule has 7 unspecified atom stereocenters. The van der Waals surface area contributed by atoms with Crippen molar-refractivity contribution >= 4 is 29.8 Å². The quantitative estimate of drug-likeness (QED) is 0.241. The van der Waals surface area contributed by atoms with E-state index in [1.165, 1.54) is 33.8 Å². The van der Waals surface area contributed by atoms with Gasteiger partial charge in [0, 0.05) is 33.6 Å². The third-order valence-corrected chi connectivity index (χ3v) is 6.50. The Bertz CT molecular complexity index is 951. The van der Waals surface area contributed by atoms with Crippen LogP contribution >= 0.6 is 0 Å². The molecule has 1 rings (SSSR count). The van der Waals surface area contributed by atoms with E-state index in [1.807, 2.05) is 6.08 Å². The maximum absolute atomic E-state index is 13.2. The van der Waals surface area contributed by atoms with Crippen LogP contribution in [0.25, 0.3) is 0 Å². The highest BCUT2D eigenvalue weighted by molar-refractivity contribution is 5.74. The predicted molar refractivity (Wildman–Crippen MR) is 139 cm³/mol. The summed E-state index contributed by atoms with van der Waals surface area (Å²) in [6.07, 6.45) is -0.0584. The maximum atomic E-state index is 13.2. The van der Waals surface area contributed by atoms with E-state index < -0.39 is 72.0 Å². The van der Waals surface area contributed by atoms with Gasteiger partial charge in [0.05, 0.1) is 18.6 Å². The third-order valence-electron chi connectivity index (χ3n) is 6.50. The van der Waals surface area contributed by atoms with Crippen molar-refractivity contribution in [3.63, 3.8) is 0 Å². The van der Waals surface area contributed by atoms with E-state index in [4.69, 9.17) is 23.7 Å². The molecule has 0 aromatic rings. The first kappa shape index (κ1) is 33.8. The Kier molecular flexibility index (Phi) is 13.9. The van der Waals surface area contributed by atoms with Gasteiger partial charge in [-0.15, -0.1) is 0 Å². The van der Waals surface area contributed by atoms with Crippen LogP contribution in [-0.2, 0) is 47.7 Å². The minimum absolute atomic E-state index is 0.0352. The summed E-state index contributed by atoms with van der Waals surface area (Å²) in [6.45, 7) is 11.4. The number of rotatable bonds is 10. The van der Waals surface area contributed by atoms with Crippen molar-refractivity contribution in [1.29, 1.82) is 0 Å². The van der Waals surface area contributed by atoms with Crippen molar-refractivity contribution in [2.45, 2.75) is 92.6 Å². The zero-order valence-electron chi connectivity index (χ0n) is 24.1. The zero-order chi connectivity index (χ0) is 29.9. The molecule has 0 aromatic heterocycles. The fourth-order valence-corrected chi connectivity index (χ4v) is 4.31. The summed E-state index contributed by atoms with van der Waals surface area (Å²) in [6, 6.07) is 0. The fourth-order valence-electron chi connectivity index (χ4n) is 4.31. The Hall–Kier alpha value is -3.21. The van der Waals surface area contributed by atoms with E-state index in [2.05, 4.69) is 0 Å². The second-order valence-corrected chi connectivity index (χ2v) is 9.97. The number of aliphatic hydroxyl groups is 1. The van der Waals surface area contributed by atoms with Crippen LogP contribution in [0.2, 0.25) is 0 Å². The Balaban J connectivity index is 3.57. The molecule has 220 valence electrons. The molecule has 1 aliphatic rings. The van der Waals surface area contributed by atoms with Gasteiger partial charge in [0.25, 0.3) is 0 Å². The molecule has 0 bridgehead atoms. The van der Waals surface area contributed by atoms with Crippen molar-refractivity contribution < 1.29 is 52.8 Å². The fraction of sp³-hybridized carbons (Fsp3) is 0.679. The van der Waals surface area contributed by atoms with Crippen LogP contribution in [0.4, 0.5) is 0 Å². The summed E-state index contributed by atoms with van der Waals surface area (Å²) >= 11 is 0. The summed E-state index contributed by atoms with van der Waals surface area (Å²) in [7, 11) is 0. The van der Waals surface area contributed by atoms with Crippen molar-refractivity contribution in [3.05, 3.63) is 23.3 Å². The lowest BCUT2D eigenvalue weighted by Crippen LogP contribution is -2.49. The first-order chi connectivity index (χ1) is 18.1. The lowest BCUT2D eigenvalue weighted by Gasteiger charge is -2.39. The predicted octanol–water partition coefficient (Wildman–Crippen LogP) is 2.82. The van der Waals surface area contributed by atoms with Gasteiger partial charge in [0.1, 0.15) is 18.8 Å². The molecular formula is C28H42O11.